The zero-order chi connectivity index (χ0) is 10.3. The lowest BCUT2D eigenvalue weighted by Crippen LogP contribution is -1.97. The number of hydrogen-bond acceptors (Lipinski definition) is 4. The Balaban J connectivity index is 4.80. The van der Waals surface area contributed by atoms with E-state index in [1.807, 2.05) is 0 Å². The summed E-state index contributed by atoms with van der Waals surface area (Å²) in [5.74, 6) is 0. The average molecular weight is 179 g/mol. The van der Waals surface area contributed by atoms with Crippen molar-refractivity contribution in [2.45, 2.75) is 6.92 Å². The molecule has 0 bridgehead atoms. The van der Waals surface area contributed by atoms with Crippen LogP contribution in [-0.2, 0) is 0 Å². The van der Waals surface area contributed by atoms with Crippen molar-refractivity contribution in [1.82, 2.24) is 5.43 Å². The maximum atomic E-state index is 10.4. The van der Waals surface area contributed by atoms with E-state index < -0.39 is 0 Å². The summed E-state index contributed by atoms with van der Waals surface area (Å²) in [6.45, 7) is 8.92. The van der Waals surface area contributed by atoms with E-state index in [0.29, 0.717) is 11.1 Å². The Morgan fingerprint density at radius 1 is 1.54 bits per heavy atom. The molecule has 0 spiro atoms. The standard InChI is InChI=1S/C9H13N3O/c1-5-7(2)9(12-13)8(3)6-11-10-4/h5-6,10H,1,3H2,2,4H3/b9-7+,11-6+. The van der Waals surface area contributed by atoms with E-state index in [1.54, 1.807) is 20.0 Å². The molecule has 4 heteroatoms. The van der Waals surface area contributed by atoms with Gasteiger partial charge in [-0.1, -0.05) is 19.2 Å². The first-order chi connectivity index (χ1) is 6.17. The largest absolute Gasteiger partial charge is 0.313 e. The molecule has 0 amide bonds. The molecule has 70 valence electrons. The minimum atomic E-state index is 0.272. The minimum Gasteiger partial charge on any atom is -0.313 e. The van der Waals surface area contributed by atoms with Crippen molar-refractivity contribution in [1.29, 1.82) is 0 Å². The van der Waals surface area contributed by atoms with Crippen LogP contribution in [0.3, 0.4) is 0 Å². The summed E-state index contributed by atoms with van der Waals surface area (Å²) >= 11 is 0. The second kappa shape index (κ2) is 5.88. The number of rotatable bonds is 5. The third-order valence-corrected chi connectivity index (χ3v) is 1.42. The molecule has 0 unspecified atom stereocenters. The highest BCUT2D eigenvalue weighted by Crippen LogP contribution is 2.13. The Labute approximate surface area is 77.7 Å². The van der Waals surface area contributed by atoms with Gasteiger partial charge in [0.2, 0.25) is 0 Å². The summed E-state index contributed by atoms with van der Waals surface area (Å²) < 4.78 is 0. The highest BCUT2D eigenvalue weighted by atomic mass is 16.3. The van der Waals surface area contributed by atoms with Crippen molar-refractivity contribution in [2.75, 3.05) is 7.05 Å². The van der Waals surface area contributed by atoms with Gasteiger partial charge in [0.1, 0.15) is 5.70 Å². The molecule has 0 aliphatic heterocycles. The van der Waals surface area contributed by atoms with Gasteiger partial charge in [-0.2, -0.15) is 5.10 Å². The maximum Gasteiger partial charge on any atom is 0.119 e. The zero-order valence-electron chi connectivity index (χ0n) is 7.87. The van der Waals surface area contributed by atoms with Crippen LogP contribution in [0.5, 0.6) is 0 Å². The van der Waals surface area contributed by atoms with E-state index in [2.05, 4.69) is 28.9 Å². The fourth-order valence-corrected chi connectivity index (χ4v) is 0.684. The van der Waals surface area contributed by atoms with Gasteiger partial charge in [-0.05, 0) is 17.7 Å². The first-order valence-corrected chi connectivity index (χ1v) is 3.73. The number of nitrogens with zero attached hydrogens (tertiary/aromatic N) is 2. The molecule has 0 radical (unpaired) electrons. The lowest BCUT2D eigenvalue weighted by molar-refractivity contribution is 0.907. The maximum absolute atomic E-state index is 10.4. The van der Waals surface area contributed by atoms with Crippen LogP contribution in [0.15, 0.2) is 46.4 Å². The first-order valence-electron chi connectivity index (χ1n) is 3.73. The van der Waals surface area contributed by atoms with E-state index in [9.17, 15) is 4.91 Å². The molecule has 0 heterocycles. The molecule has 0 rings (SSSR count). The Bertz CT molecular complexity index is 277. The van der Waals surface area contributed by atoms with Crippen LogP contribution in [0.1, 0.15) is 6.92 Å². The molecular weight excluding hydrogens is 166 g/mol. The van der Waals surface area contributed by atoms with E-state index in [-0.39, 0.29) is 5.70 Å². The SMILES string of the molecule is C=C/C(C)=C(/N=O)C(=C)/C=N/NC. The van der Waals surface area contributed by atoms with Crippen LogP contribution >= 0.6 is 0 Å². The molecule has 0 aliphatic rings. The van der Waals surface area contributed by atoms with Gasteiger partial charge in [0.05, 0.1) is 6.21 Å². The van der Waals surface area contributed by atoms with E-state index in [0.717, 1.165) is 0 Å². The molecule has 0 saturated carbocycles. The lowest BCUT2D eigenvalue weighted by Gasteiger charge is -1.99. The lowest BCUT2D eigenvalue weighted by atomic mass is 10.1. The molecule has 0 aromatic rings. The Morgan fingerprint density at radius 2 is 2.15 bits per heavy atom. The Hall–Kier alpha value is -1.71. The van der Waals surface area contributed by atoms with Crippen LogP contribution < -0.4 is 5.43 Å². The third kappa shape index (κ3) is 3.46. The van der Waals surface area contributed by atoms with Gasteiger partial charge in [0.25, 0.3) is 0 Å². The van der Waals surface area contributed by atoms with Crippen molar-refractivity contribution in [3.05, 3.63) is 41.0 Å². The molecule has 4 nitrogen and oxygen atoms in total. The molecule has 0 fully saturated rings. The number of hydrazone groups is 1. The second-order valence-corrected chi connectivity index (χ2v) is 2.33. The fraction of sp³-hybridized carbons (Fsp3) is 0.222. The molecule has 0 aromatic heterocycles. The number of allylic oxidation sites excluding steroid dienone is 3. The number of hydrogen-bond donors (Lipinski definition) is 1. The molecule has 0 saturated heterocycles. The third-order valence-electron chi connectivity index (χ3n) is 1.42. The summed E-state index contributed by atoms with van der Waals surface area (Å²) in [5, 5.41) is 6.57. The topological polar surface area (TPSA) is 53.8 Å². The van der Waals surface area contributed by atoms with Crippen LogP contribution in [-0.4, -0.2) is 13.3 Å². The molecular formula is C9H13N3O. The van der Waals surface area contributed by atoms with Gasteiger partial charge in [-0.25, -0.2) is 0 Å². The number of nitroso groups, excluding NO2 is 1. The summed E-state index contributed by atoms with van der Waals surface area (Å²) in [6.07, 6.45) is 2.98. The monoisotopic (exact) mass is 179 g/mol. The highest BCUT2D eigenvalue weighted by molar-refractivity contribution is 5.83. The van der Waals surface area contributed by atoms with E-state index in [4.69, 9.17) is 0 Å². The number of nitrogens with one attached hydrogen (secondary N) is 1. The van der Waals surface area contributed by atoms with Crippen LogP contribution in [0.25, 0.3) is 0 Å². The molecule has 0 atom stereocenters. The van der Waals surface area contributed by atoms with Crippen molar-refractivity contribution >= 4 is 6.21 Å². The van der Waals surface area contributed by atoms with Crippen molar-refractivity contribution in [2.24, 2.45) is 10.3 Å². The van der Waals surface area contributed by atoms with Gasteiger partial charge < -0.3 is 5.43 Å². The second-order valence-electron chi connectivity index (χ2n) is 2.33. The predicted molar refractivity (Wildman–Crippen MR) is 55.4 cm³/mol. The Kier molecular flexibility index (Phi) is 5.11. The van der Waals surface area contributed by atoms with Gasteiger partial charge in [-0.15, -0.1) is 4.91 Å². The summed E-state index contributed by atoms with van der Waals surface area (Å²) in [7, 11) is 1.65. The molecule has 13 heavy (non-hydrogen) atoms. The normalized spacial score (nSPS) is 12.2. The van der Waals surface area contributed by atoms with Gasteiger partial charge in [-0.3, -0.25) is 0 Å². The molecule has 1 N–H and O–H groups in total. The molecule has 0 aliphatic carbocycles. The van der Waals surface area contributed by atoms with Crippen LogP contribution in [0.2, 0.25) is 0 Å². The predicted octanol–water partition coefficient (Wildman–Crippen LogP) is 1.97. The van der Waals surface area contributed by atoms with E-state index in [1.165, 1.54) is 6.21 Å². The smallest absolute Gasteiger partial charge is 0.119 e. The average Bonchev–Trinajstić information content (AvgIpc) is 2.15. The minimum absolute atomic E-state index is 0.272. The quantitative estimate of drug-likeness (QED) is 0.303. The highest BCUT2D eigenvalue weighted by Gasteiger charge is 2.03. The fourth-order valence-electron chi connectivity index (χ4n) is 0.684. The van der Waals surface area contributed by atoms with Gasteiger partial charge >= 0.3 is 0 Å². The van der Waals surface area contributed by atoms with Crippen LogP contribution in [0, 0.1) is 4.91 Å². The first kappa shape index (κ1) is 11.3. The van der Waals surface area contributed by atoms with E-state index >= 15 is 0 Å². The summed E-state index contributed by atoms with van der Waals surface area (Å²) in [6, 6.07) is 0. The van der Waals surface area contributed by atoms with Crippen molar-refractivity contribution < 1.29 is 0 Å². The van der Waals surface area contributed by atoms with Gasteiger partial charge in [0, 0.05) is 12.6 Å². The Morgan fingerprint density at radius 3 is 2.54 bits per heavy atom. The van der Waals surface area contributed by atoms with Crippen molar-refractivity contribution in [3.8, 4) is 0 Å². The van der Waals surface area contributed by atoms with Gasteiger partial charge in [0.15, 0.2) is 0 Å². The summed E-state index contributed by atoms with van der Waals surface area (Å²) in [5.41, 5.74) is 3.97. The zero-order valence-corrected chi connectivity index (χ0v) is 7.87. The molecule has 0 aromatic carbocycles. The van der Waals surface area contributed by atoms with Crippen LogP contribution in [0.4, 0.5) is 0 Å². The summed E-state index contributed by atoms with van der Waals surface area (Å²) in [4.78, 5) is 10.4. The van der Waals surface area contributed by atoms with Crippen molar-refractivity contribution in [3.63, 3.8) is 0 Å².